The van der Waals surface area contributed by atoms with Gasteiger partial charge in [-0.2, -0.15) is 0 Å². The van der Waals surface area contributed by atoms with Gasteiger partial charge < -0.3 is 9.47 Å². The Morgan fingerprint density at radius 3 is 2.11 bits per heavy atom. The summed E-state index contributed by atoms with van der Waals surface area (Å²) >= 11 is 0. The van der Waals surface area contributed by atoms with Crippen LogP contribution in [0.15, 0.2) is 18.2 Å². The molecule has 2 fully saturated rings. The minimum atomic E-state index is -0.165. The van der Waals surface area contributed by atoms with Crippen molar-refractivity contribution in [3.05, 3.63) is 23.8 Å². The lowest BCUT2D eigenvalue weighted by Crippen LogP contribution is -2.12. The van der Waals surface area contributed by atoms with Crippen molar-refractivity contribution in [2.24, 2.45) is 11.8 Å². The second kappa shape index (κ2) is 4.68. The average molecular weight is 260 g/mol. The quantitative estimate of drug-likeness (QED) is 0.617. The van der Waals surface area contributed by atoms with Crippen LogP contribution in [0.4, 0.5) is 0 Å². The highest BCUT2D eigenvalue weighted by Gasteiger charge is 2.32. The van der Waals surface area contributed by atoms with E-state index in [0.29, 0.717) is 11.5 Å². The second-order valence-corrected chi connectivity index (χ2v) is 5.32. The molecule has 0 spiro atoms. The molecule has 4 heteroatoms. The van der Waals surface area contributed by atoms with Crippen molar-refractivity contribution in [3.63, 3.8) is 0 Å². The van der Waals surface area contributed by atoms with Crippen LogP contribution in [0, 0.1) is 18.8 Å². The number of hydrogen-bond acceptors (Lipinski definition) is 4. The lowest BCUT2D eigenvalue weighted by Gasteiger charge is -2.09. The van der Waals surface area contributed by atoms with E-state index in [1.54, 1.807) is 18.2 Å². The van der Waals surface area contributed by atoms with E-state index in [0.717, 1.165) is 31.2 Å². The van der Waals surface area contributed by atoms with Crippen LogP contribution in [0.5, 0.6) is 11.5 Å². The van der Waals surface area contributed by atoms with Gasteiger partial charge in [0.15, 0.2) is 0 Å². The maximum Gasteiger partial charge on any atom is 0.314 e. The molecule has 2 aliphatic rings. The van der Waals surface area contributed by atoms with Crippen LogP contribution in [0.25, 0.3) is 0 Å². The molecule has 0 amide bonds. The summed E-state index contributed by atoms with van der Waals surface area (Å²) in [6.07, 6.45) is 3.70. The molecule has 0 saturated heterocycles. The Balaban J connectivity index is 1.66. The number of carbonyl (C=O) groups is 2. The highest BCUT2D eigenvalue weighted by molar-refractivity contribution is 5.78. The number of aryl methyl sites for hydroxylation is 1. The molecule has 4 nitrogen and oxygen atoms in total. The number of esters is 2. The fourth-order valence-electron chi connectivity index (χ4n) is 1.83. The first-order chi connectivity index (χ1) is 9.13. The van der Waals surface area contributed by atoms with Crippen LogP contribution in [-0.4, -0.2) is 11.9 Å². The summed E-state index contributed by atoms with van der Waals surface area (Å²) in [6, 6.07) is 5.09. The molecule has 19 heavy (non-hydrogen) atoms. The lowest BCUT2D eigenvalue weighted by atomic mass is 10.2. The zero-order chi connectivity index (χ0) is 13.4. The Kier molecular flexibility index (Phi) is 3.01. The molecule has 0 atom stereocenters. The summed E-state index contributed by atoms with van der Waals surface area (Å²) in [5, 5.41) is 0. The average Bonchev–Trinajstić information content (AvgIpc) is 3.25. The molecular weight excluding hydrogens is 244 g/mol. The molecule has 2 saturated carbocycles. The molecule has 0 unspecified atom stereocenters. The third-order valence-corrected chi connectivity index (χ3v) is 3.40. The third-order valence-electron chi connectivity index (χ3n) is 3.40. The summed E-state index contributed by atoms with van der Waals surface area (Å²) in [4.78, 5) is 23.1. The molecule has 1 aromatic rings. The summed E-state index contributed by atoms with van der Waals surface area (Å²) in [5.74, 6) is 0.885. The number of rotatable bonds is 4. The smallest absolute Gasteiger partial charge is 0.314 e. The second-order valence-electron chi connectivity index (χ2n) is 5.32. The highest BCUT2D eigenvalue weighted by Crippen LogP contribution is 2.33. The van der Waals surface area contributed by atoms with E-state index in [2.05, 4.69) is 0 Å². The van der Waals surface area contributed by atoms with Gasteiger partial charge in [0.2, 0.25) is 0 Å². The van der Waals surface area contributed by atoms with Crippen LogP contribution in [-0.2, 0) is 9.59 Å². The van der Waals surface area contributed by atoms with Crippen molar-refractivity contribution >= 4 is 11.9 Å². The van der Waals surface area contributed by atoms with E-state index in [-0.39, 0.29) is 23.8 Å². The molecule has 0 radical (unpaired) electrons. The summed E-state index contributed by atoms with van der Waals surface area (Å²) in [7, 11) is 0. The largest absolute Gasteiger partial charge is 0.426 e. The number of ether oxygens (including phenoxy) is 2. The lowest BCUT2D eigenvalue weighted by molar-refractivity contribution is -0.136. The summed E-state index contributed by atoms with van der Waals surface area (Å²) < 4.78 is 10.6. The molecule has 0 bridgehead atoms. The van der Waals surface area contributed by atoms with Crippen molar-refractivity contribution < 1.29 is 19.1 Å². The van der Waals surface area contributed by atoms with E-state index in [4.69, 9.17) is 9.47 Å². The molecular formula is C15H16O4. The molecule has 2 aliphatic carbocycles. The summed E-state index contributed by atoms with van der Waals surface area (Å²) in [6.45, 7) is 1.84. The van der Waals surface area contributed by atoms with Crippen molar-refractivity contribution in [1.29, 1.82) is 0 Å². The van der Waals surface area contributed by atoms with Gasteiger partial charge in [-0.3, -0.25) is 9.59 Å². The first-order valence-electron chi connectivity index (χ1n) is 6.67. The van der Waals surface area contributed by atoms with Crippen LogP contribution in [0.1, 0.15) is 31.2 Å². The topological polar surface area (TPSA) is 52.6 Å². The minimum absolute atomic E-state index is 0.0757. The van der Waals surface area contributed by atoms with Gasteiger partial charge in [0.1, 0.15) is 11.5 Å². The maximum atomic E-state index is 11.6. The molecule has 0 aromatic heterocycles. The highest BCUT2D eigenvalue weighted by atomic mass is 16.5. The van der Waals surface area contributed by atoms with E-state index < -0.39 is 0 Å². The van der Waals surface area contributed by atoms with Crippen molar-refractivity contribution in [1.82, 2.24) is 0 Å². The monoisotopic (exact) mass is 260 g/mol. The minimum Gasteiger partial charge on any atom is -0.426 e. The van der Waals surface area contributed by atoms with E-state index in [9.17, 15) is 9.59 Å². The van der Waals surface area contributed by atoms with Crippen LogP contribution < -0.4 is 9.47 Å². The normalized spacial score (nSPS) is 17.9. The number of carbonyl (C=O) groups excluding carboxylic acids is 2. The van der Waals surface area contributed by atoms with Gasteiger partial charge in [0.05, 0.1) is 11.8 Å². The van der Waals surface area contributed by atoms with Crippen LogP contribution in [0.3, 0.4) is 0 Å². The SMILES string of the molecule is Cc1cc(OC(=O)C2CC2)ccc1OC(=O)C1CC1. The summed E-state index contributed by atoms with van der Waals surface area (Å²) in [5.41, 5.74) is 0.801. The van der Waals surface area contributed by atoms with Gasteiger partial charge in [-0.05, 0) is 56.4 Å². The zero-order valence-electron chi connectivity index (χ0n) is 10.8. The Morgan fingerprint density at radius 2 is 1.58 bits per heavy atom. The third kappa shape index (κ3) is 2.95. The molecule has 0 N–H and O–H groups in total. The standard InChI is InChI=1S/C15H16O4/c1-9-8-12(18-14(16)10-2-3-10)6-7-13(9)19-15(17)11-4-5-11/h6-8,10-11H,2-5H2,1H3. The Hall–Kier alpha value is -1.84. The Morgan fingerprint density at radius 1 is 1.00 bits per heavy atom. The molecule has 1 aromatic carbocycles. The van der Waals surface area contributed by atoms with Gasteiger partial charge in [-0.25, -0.2) is 0 Å². The fourth-order valence-corrected chi connectivity index (χ4v) is 1.83. The van der Waals surface area contributed by atoms with E-state index in [1.807, 2.05) is 6.92 Å². The van der Waals surface area contributed by atoms with Crippen LogP contribution >= 0.6 is 0 Å². The number of hydrogen-bond donors (Lipinski definition) is 0. The van der Waals surface area contributed by atoms with E-state index >= 15 is 0 Å². The molecule has 0 heterocycles. The van der Waals surface area contributed by atoms with Crippen molar-refractivity contribution in [2.45, 2.75) is 32.6 Å². The van der Waals surface area contributed by atoms with Gasteiger partial charge in [0.25, 0.3) is 0 Å². The number of benzene rings is 1. The predicted molar refractivity (Wildman–Crippen MR) is 67.9 cm³/mol. The van der Waals surface area contributed by atoms with Crippen LogP contribution in [0.2, 0.25) is 0 Å². The van der Waals surface area contributed by atoms with Gasteiger partial charge in [-0.1, -0.05) is 0 Å². The van der Waals surface area contributed by atoms with Gasteiger partial charge in [-0.15, -0.1) is 0 Å². The predicted octanol–water partition coefficient (Wildman–Crippen LogP) is 2.63. The molecule has 0 aliphatic heterocycles. The van der Waals surface area contributed by atoms with Crippen molar-refractivity contribution in [3.8, 4) is 11.5 Å². The molecule has 3 rings (SSSR count). The zero-order valence-corrected chi connectivity index (χ0v) is 10.8. The first kappa shape index (κ1) is 12.2. The maximum absolute atomic E-state index is 11.6. The van der Waals surface area contributed by atoms with Gasteiger partial charge in [0, 0.05) is 0 Å². The van der Waals surface area contributed by atoms with Gasteiger partial charge >= 0.3 is 11.9 Å². The van der Waals surface area contributed by atoms with Crippen molar-refractivity contribution in [2.75, 3.05) is 0 Å². The fraction of sp³-hybridized carbons (Fsp3) is 0.467. The Bertz CT molecular complexity index is 527. The Labute approximate surface area is 111 Å². The molecule has 100 valence electrons. The first-order valence-corrected chi connectivity index (χ1v) is 6.67. The van der Waals surface area contributed by atoms with E-state index in [1.165, 1.54) is 0 Å².